The van der Waals surface area contributed by atoms with Crippen molar-refractivity contribution < 1.29 is 19.0 Å². The zero-order valence-corrected chi connectivity index (χ0v) is 12.9. The molecule has 0 aliphatic rings. The van der Waals surface area contributed by atoms with Crippen LogP contribution >= 0.6 is 0 Å². The summed E-state index contributed by atoms with van der Waals surface area (Å²) in [5, 5.41) is 12.9. The Balaban J connectivity index is 2.61. The van der Waals surface area contributed by atoms with Crippen molar-refractivity contribution in [2.75, 3.05) is 25.5 Å². The van der Waals surface area contributed by atoms with Crippen LogP contribution in [0.15, 0.2) is 24.3 Å². The Hall–Kier alpha value is -1.82. The molecule has 1 unspecified atom stereocenters. The van der Waals surface area contributed by atoms with Crippen LogP contribution in [0.2, 0.25) is 0 Å². The monoisotopic (exact) mass is 298 g/mol. The first kappa shape index (κ1) is 17.2. The van der Waals surface area contributed by atoms with Gasteiger partial charge in [0.2, 0.25) is 0 Å². The van der Waals surface area contributed by atoms with Crippen LogP contribution in [0, 0.1) is 5.82 Å². The van der Waals surface area contributed by atoms with Crippen LogP contribution in [0.3, 0.4) is 0 Å². The molecule has 1 amide bonds. The van der Waals surface area contributed by atoms with Crippen molar-refractivity contribution in [3.8, 4) is 0 Å². The van der Waals surface area contributed by atoms with E-state index in [1.807, 2.05) is 20.8 Å². The molecule has 0 aliphatic heterocycles. The molecule has 0 bridgehead atoms. The van der Waals surface area contributed by atoms with Gasteiger partial charge < -0.3 is 20.1 Å². The summed E-state index contributed by atoms with van der Waals surface area (Å²) in [5.41, 5.74) is -0.163. The molecule has 0 radical (unpaired) electrons. The van der Waals surface area contributed by atoms with E-state index in [-0.39, 0.29) is 18.9 Å². The van der Waals surface area contributed by atoms with Crippen molar-refractivity contribution in [3.05, 3.63) is 30.1 Å². The average molecular weight is 298 g/mol. The Labute approximate surface area is 124 Å². The fourth-order valence-electron chi connectivity index (χ4n) is 1.84. The number of hydrogen-bond acceptors (Lipinski definition) is 4. The van der Waals surface area contributed by atoms with Crippen LogP contribution < -0.4 is 5.32 Å². The van der Waals surface area contributed by atoms with Crippen LogP contribution in [0.25, 0.3) is 0 Å². The minimum Gasteiger partial charge on any atom is -0.453 e. The topological polar surface area (TPSA) is 61.8 Å². The SMILES string of the molecule is COC(=O)N(CC(O)CNc1ccccc1F)C(C)(C)C. The molecule has 1 rings (SSSR count). The van der Waals surface area contributed by atoms with Gasteiger partial charge in [-0.1, -0.05) is 12.1 Å². The zero-order valence-electron chi connectivity index (χ0n) is 12.9. The predicted molar refractivity (Wildman–Crippen MR) is 79.8 cm³/mol. The van der Waals surface area contributed by atoms with Gasteiger partial charge in [0.05, 0.1) is 25.4 Å². The number of aliphatic hydroxyl groups is 1. The second kappa shape index (κ2) is 7.26. The van der Waals surface area contributed by atoms with Gasteiger partial charge in [0.1, 0.15) is 5.82 Å². The number of carbonyl (C=O) groups is 1. The number of methoxy groups -OCH3 is 1. The predicted octanol–water partition coefficient (Wildman–Crippen LogP) is 2.47. The number of anilines is 1. The summed E-state index contributed by atoms with van der Waals surface area (Å²) in [6.07, 6.45) is -1.35. The van der Waals surface area contributed by atoms with E-state index in [0.717, 1.165) is 0 Å². The smallest absolute Gasteiger partial charge is 0.410 e. The number of nitrogens with zero attached hydrogens (tertiary/aromatic N) is 1. The second-order valence-electron chi connectivity index (χ2n) is 5.77. The highest BCUT2D eigenvalue weighted by Gasteiger charge is 2.29. The summed E-state index contributed by atoms with van der Waals surface area (Å²) < 4.78 is 18.2. The standard InChI is InChI=1S/C15H23FN2O3/c1-15(2,3)18(14(20)21-4)10-11(19)9-17-13-8-6-5-7-12(13)16/h5-8,11,17,19H,9-10H2,1-4H3. The number of amides is 1. The molecule has 6 heteroatoms. The van der Waals surface area contributed by atoms with Gasteiger partial charge in [-0.2, -0.15) is 0 Å². The van der Waals surface area contributed by atoms with Gasteiger partial charge in [-0.3, -0.25) is 0 Å². The maximum atomic E-state index is 13.4. The molecule has 0 saturated carbocycles. The van der Waals surface area contributed by atoms with Gasteiger partial charge in [0, 0.05) is 12.1 Å². The molecule has 5 nitrogen and oxygen atoms in total. The van der Waals surface area contributed by atoms with Crippen molar-refractivity contribution in [2.45, 2.75) is 32.4 Å². The lowest BCUT2D eigenvalue weighted by molar-refractivity contribution is 0.0501. The van der Waals surface area contributed by atoms with E-state index in [2.05, 4.69) is 5.32 Å². The summed E-state index contributed by atoms with van der Waals surface area (Å²) >= 11 is 0. The van der Waals surface area contributed by atoms with Gasteiger partial charge in [0.25, 0.3) is 0 Å². The lowest BCUT2D eigenvalue weighted by atomic mass is 10.1. The summed E-state index contributed by atoms with van der Waals surface area (Å²) in [6.45, 7) is 5.77. The third-order valence-electron chi connectivity index (χ3n) is 3.00. The largest absolute Gasteiger partial charge is 0.453 e. The number of halogens is 1. The van der Waals surface area contributed by atoms with Crippen molar-refractivity contribution in [2.24, 2.45) is 0 Å². The number of carbonyl (C=O) groups excluding carboxylic acids is 1. The molecule has 21 heavy (non-hydrogen) atoms. The molecule has 118 valence electrons. The molecule has 0 aromatic heterocycles. The maximum absolute atomic E-state index is 13.4. The minimum absolute atomic E-state index is 0.0949. The number of benzene rings is 1. The van der Waals surface area contributed by atoms with Gasteiger partial charge in [0.15, 0.2) is 0 Å². The van der Waals surface area contributed by atoms with Crippen molar-refractivity contribution in [3.63, 3.8) is 0 Å². The van der Waals surface area contributed by atoms with E-state index in [4.69, 9.17) is 4.74 Å². The van der Waals surface area contributed by atoms with Crippen LogP contribution in [0.1, 0.15) is 20.8 Å². The van der Waals surface area contributed by atoms with Crippen LogP contribution in [-0.4, -0.2) is 47.9 Å². The number of β-amino-alcohol motifs (C(OH)–C–C–N with tert-alkyl or cyclic N) is 1. The third kappa shape index (κ3) is 5.23. The fourth-order valence-corrected chi connectivity index (χ4v) is 1.84. The quantitative estimate of drug-likeness (QED) is 0.876. The van der Waals surface area contributed by atoms with Crippen LogP contribution in [0.4, 0.5) is 14.9 Å². The lowest BCUT2D eigenvalue weighted by Gasteiger charge is -2.35. The van der Waals surface area contributed by atoms with E-state index in [1.54, 1.807) is 18.2 Å². The first-order valence-electron chi connectivity index (χ1n) is 6.77. The van der Waals surface area contributed by atoms with Gasteiger partial charge >= 0.3 is 6.09 Å². The number of para-hydroxylation sites is 1. The lowest BCUT2D eigenvalue weighted by Crippen LogP contribution is -2.50. The molecule has 0 heterocycles. The summed E-state index contributed by atoms with van der Waals surface area (Å²) in [7, 11) is 1.30. The molecular weight excluding hydrogens is 275 g/mol. The first-order valence-corrected chi connectivity index (χ1v) is 6.77. The van der Waals surface area contributed by atoms with E-state index in [1.165, 1.54) is 18.1 Å². The summed E-state index contributed by atoms with van der Waals surface area (Å²) in [4.78, 5) is 13.2. The Morgan fingerprint density at radius 2 is 2.05 bits per heavy atom. The maximum Gasteiger partial charge on any atom is 0.410 e. The molecule has 1 aromatic rings. The third-order valence-corrected chi connectivity index (χ3v) is 3.00. The summed E-state index contributed by atoms with van der Waals surface area (Å²) in [5.74, 6) is -0.384. The molecule has 0 aliphatic carbocycles. The molecule has 1 atom stereocenters. The highest BCUT2D eigenvalue weighted by Crippen LogP contribution is 2.16. The number of hydrogen-bond donors (Lipinski definition) is 2. The molecular formula is C15H23FN2O3. The molecule has 0 fully saturated rings. The van der Waals surface area contributed by atoms with Gasteiger partial charge in [-0.25, -0.2) is 9.18 Å². The Morgan fingerprint density at radius 3 is 2.57 bits per heavy atom. The minimum atomic E-state index is -0.845. The fraction of sp³-hybridized carbons (Fsp3) is 0.533. The van der Waals surface area contributed by atoms with Crippen LogP contribution in [0.5, 0.6) is 0 Å². The number of rotatable bonds is 5. The second-order valence-corrected chi connectivity index (χ2v) is 5.77. The van der Waals surface area contributed by atoms with Crippen LogP contribution in [-0.2, 0) is 4.74 Å². The van der Waals surface area contributed by atoms with Crippen molar-refractivity contribution in [1.82, 2.24) is 4.90 Å². The molecule has 2 N–H and O–H groups in total. The number of aliphatic hydroxyl groups excluding tert-OH is 1. The molecule has 0 spiro atoms. The van der Waals surface area contributed by atoms with E-state index < -0.39 is 17.7 Å². The Morgan fingerprint density at radius 1 is 1.43 bits per heavy atom. The molecule has 1 aromatic carbocycles. The van der Waals surface area contributed by atoms with E-state index in [9.17, 15) is 14.3 Å². The van der Waals surface area contributed by atoms with E-state index >= 15 is 0 Å². The zero-order chi connectivity index (χ0) is 16.0. The normalized spacial score (nSPS) is 12.7. The highest BCUT2D eigenvalue weighted by molar-refractivity contribution is 5.68. The van der Waals surface area contributed by atoms with E-state index in [0.29, 0.717) is 5.69 Å². The average Bonchev–Trinajstić information content (AvgIpc) is 2.42. The first-order chi connectivity index (χ1) is 9.75. The number of nitrogens with one attached hydrogen (secondary N) is 1. The highest BCUT2D eigenvalue weighted by atomic mass is 19.1. The van der Waals surface area contributed by atoms with Crippen molar-refractivity contribution in [1.29, 1.82) is 0 Å². The Kier molecular flexibility index (Phi) is 5.96. The van der Waals surface area contributed by atoms with Crippen molar-refractivity contribution >= 4 is 11.8 Å². The summed E-state index contributed by atoms with van der Waals surface area (Å²) in [6, 6.07) is 6.22. The van der Waals surface area contributed by atoms with Gasteiger partial charge in [-0.15, -0.1) is 0 Å². The van der Waals surface area contributed by atoms with Gasteiger partial charge in [-0.05, 0) is 32.9 Å². The Bertz CT molecular complexity index is 474. The number of ether oxygens (including phenoxy) is 1. The molecule has 0 saturated heterocycles.